The van der Waals surface area contributed by atoms with E-state index in [-0.39, 0.29) is 17.6 Å². The van der Waals surface area contributed by atoms with E-state index >= 15 is 0 Å². The highest BCUT2D eigenvalue weighted by atomic mass is 16.6. The standard InChI is InChI=1S/C14H19N3O3/c1-9-7-11(17(19)20)5-6-12(9)14(18)16(2)13(8-15)10-3-4-10/h5-7,10,13H,3-4,8,15H2,1-2H3. The van der Waals surface area contributed by atoms with Crippen LogP contribution < -0.4 is 5.73 Å². The van der Waals surface area contributed by atoms with Gasteiger partial charge in [0.2, 0.25) is 0 Å². The third-order valence-corrected chi connectivity index (χ3v) is 3.88. The molecule has 0 radical (unpaired) electrons. The van der Waals surface area contributed by atoms with Crippen LogP contribution in [0.15, 0.2) is 18.2 Å². The van der Waals surface area contributed by atoms with Crippen molar-refractivity contribution in [2.75, 3.05) is 13.6 Å². The van der Waals surface area contributed by atoms with Gasteiger partial charge in [0.1, 0.15) is 0 Å². The van der Waals surface area contributed by atoms with Gasteiger partial charge in [0.25, 0.3) is 11.6 Å². The van der Waals surface area contributed by atoms with Gasteiger partial charge in [-0.15, -0.1) is 0 Å². The molecule has 1 atom stereocenters. The van der Waals surface area contributed by atoms with Crippen molar-refractivity contribution in [1.29, 1.82) is 0 Å². The zero-order chi connectivity index (χ0) is 14.9. The topological polar surface area (TPSA) is 89.5 Å². The molecule has 0 aromatic heterocycles. The molecule has 0 bridgehead atoms. The fourth-order valence-electron chi connectivity index (χ4n) is 2.49. The number of hydrogen-bond donors (Lipinski definition) is 1. The van der Waals surface area contributed by atoms with E-state index in [4.69, 9.17) is 5.73 Å². The summed E-state index contributed by atoms with van der Waals surface area (Å²) >= 11 is 0. The van der Waals surface area contributed by atoms with Gasteiger partial charge < -0.3 is 10.6 Å². The molecule has 1 aromatic rings. The lowest BCUT2D eigenvalue weighted by Crippen LogP contribution is -2.43. The summed E-state index contributed by atoms with van der Waals surface area (Å²) in [6.45, 7) is 2.15. The second kappa shape index (κ2) is 5.58. The summed E-state index contributed by atoms with van der Waals surface area (Å²) in [6.07, 6.45) is 2.22. The van der Waals surface area contributed by atoms with E-state index in [2.05, 4.69) is 0 Å². The van der Waals surface area contributed by atoms with Crippen molar-refractivity contribution in [2.24, 2.45) is 11.7 Å². The van der Waals surface area contributed by atoms with Crippen LogP contribution in [0, 0.1) is 23.0 Å². The highest BCUT2D eigenvalue weighted by molar-refractivity contribution is 5.96. The van der Waals surface area contributed by atoms with Gasteiger partial charge in [0, 0.05) is 37.3 Å². The van der Waals surface area contributed by atoms with E-state index in [0.717, 1.165) is 12.8 Å². The number of carbonyl (C=O) groups is 1. The maximum atomic E-state index is 12.5. The number of amides is 1. The average molecular weight is 277 g/mol. The monoisotopic (exact) mass is 277 g/mol. The van der Waals surface area contributed by atoms with E-state index in [1.807, 2.05) is 0 Å². The second-order valence-corrected chi connectivity index (χ2v) is 5.31. The highest BCUT2D eigenvalue weighted by Crippen LogP contribution is 2.35. The highest BCUT2D eigenvalue weighted by Gasteiger charge is 2.35. The molecule has 6 nitrogen and oxygen atoms in total. The fraction of sp³-hybridized carbons (Fsp3) is 0.500. The van der Waals surface area contributed by atoms with E-state index in [1.165, 1.54) is 18.2 Å². The van der Waals surface area contributed by atoms with Gasteiger partial charge in [-0.1, -0.05) is 0 Å². The molecule has 1 fully saturated rings. The summed E-state index contributed by atoms with van der Waals surface area (Å²) in [4.78, 5) is 24.4. The Labute approximate surface area is 117 Å². The largest absolute Gasteiger partial charge is 0.337 e. The van der Waals surface area contributed by atoms with Crippen molar-refractivity contribution < 1.29 is 9.72 Å². The lowest BCUT2D eigenvalue weighted by molar-refractivity contribution is -0.384. The van der Waals surface area contributed by atoms with Gasteiger partial charge in [-0.2, -0.15) is 0 Å². The molecule has 1 saturated carbocycles. The average Bonchev–Trinajstić information content (AvgIpc) is 3.23. The number of aryl methyl sites for hydroxylation is 1. The summed E-state index contributed by atoms with van der Waals surface area (Å²) in [5, 5.41) is 10.7. The first-order valence-electron chi connectivity index (χ1n) is 6.68. The van der Waals surface area contributed by atoms with Crippen LogP contribution in [0.1, 0.15) is 28.8 Å². The second-order valence-electron chi connectivity index (χ2n) is 5.31. The van der Waals surface area contributed by atoms with Crippen molar-refractivity contribution in [3.63, 3.8) is 0 Å². The van der Waals surface area contributed by atoms with Crippen molar-refractivity contribution in [2.45, 2.75) is 25.8 Å². The number of benzene rings is 1. The van der Waals surface area contributed by atoms with Crippen molar-refractivity contribution >= 4 is 11.6 Å². The molecule has 108 valence electrons. The van der Waals surface area contributed by atoms with Crippen molar-refractivity contribution in [3.8, 4) is 0 Å². The van der Waals surface area contributed by atoms with Crippen LogP contribution in [0.25, 0.3) is 0 Å². The van der Waals surface area contributed by atoms with Gasteiger partial charge in [-0.25, -0.2) is 0 Å². The molecule has 0 spiro atoms. The Bertz CT molecular complexity index is 540. The molecule has 1 amide bonds. The molecule has 2 rings (SSSR count). The van der Waals surface area contributed by atoms with Crippen LogP contribution in [-0.2, 0) is 0 Å². The third kappa shape index (κ3) is 2.80. The van der Waals surface area contributed by atoms with E-state index in [9.17, 15) is 14.9 Å². The van der Waals surface area contributed by atoms with Gasteiger partial charge in [-0.3, -0.25) is 14.9 Å². The Morgan fingerprint density at radius 1 is 1.55 bits per heavy atom. The van der Waals surface area contributed by atoms with Gasteiger partial charge >= 0.3 is 0 Å². The van der Waals surface area contributed by atoms with Crippen LogP contribution in [0.4, 0.5) is 5.69 Å². The number of likely N-dealkylation sites (N-methyl/N-ethyl adjacent to an activating group) is 1. The van der Waals surface area contributed by atoms with Crippen LogP contribution in [0.5, 0.6) is 0 Å². The Hall–Kier alpha value is -1.95. The number of rotatable bonds is 5. The summed E-state index contributed by atoms with van der Waals surface area (Å²) in [7, 11) is 1.75. The molecule has 0 aliphatic heterocycles. The van der Waals surface area contributed by atoms with Crippen molar-refractivity contribution in [3.05, 3.63) is 39.4 Å². The number of hydrogen-bond acceptors (Lipinski definition) is 4. The summed E-state index contributed by atoms with van der Waals surface area (Å²) in [6, 6.07) is 4.36. The predicted molar refractivity (Wildman–Crippen MR) is 75.5 cm³/mol. The maximum Gasteiger partial charge on any atom is 0.269 e. The van der Waals surface area contributed by atoms with Gasteiger partial charge in [0.15, 0.2) is 0 Å². The van der Waals surface area contributed by atoms with E-state index < -0.39 is 4.92 Å². The van der Waals surface area contributed by atoms with Crippen LogP contribution in [0.2, 0.25) is 0 Å². The summed E-state index contributed by atoms with van der Waals surface area (Å²) < 4.78 is 0. The maximum absolute atomic E-state index is 12.5. The minimum absolute atomic E-state index is 0.000675. The SMILES string of the molecule is Cc1cc([N+](=O)[O-])ccc1C(=O)N(C)C(CN)C1CC1. The Kier molecular flexibility index (Phi) is 4.04. The molecule has 1 aliphatic carbocycles. The summed E-state index contributed by atoms with van der Waals surface area (Å²) in [5.41, 5.74) is 6.86. The Morgan fingerprint density at radius 3 is 2.65 bits per heavy atom. The molecule has 0 heterocycles. The van der Waals surface area contributed by atoms with Crippen LogP contribution >= 0.6 is 0 Å². The molecule has 1 unspecified atom stereocenters. The lowest BCUT2D eigenvalue weighted by atomic mass is 10.0. The lowest BCUT2D eigenvalue weighted by Gasteiger charge is -2.27. The molecule has 2 N–H and O–H groups in total. The van der Waals surface area contributed by atoms with E-state index in [0.29, 0.717) is 23.6 Å². The minimum Gasteiger partial charge on any atom is -0.337 e. The zero-order valence-electron chi connectivity index (χ0n) is 11.7. The van der Waals surface area contributed by atoms with Gasteiger partial charge in [0.05, 0.1) is 4.92 Å². The van der Waals surface area contributed by atoms with Crippen molar-refractivity contribution in [1.82, 2.24) is 4.90 Å². The number of nitrogens with two attached hydrogens (primary N) is 1. The van der Waals surface area contributed by atoms with Gasteiger partial charge in [-0.05, 0) is 37.3 Å². The number of nitro benzene ring substituents is 1. The molecule has 1 aromatic carbocycles. The Morgan fingerprint density at radius 2 is 2.20 bits per heavy atom. The fourth-order valence-corrected chi connectivity index (χ4v) is 2.49. The molecule has 20 heavy (non-hydrogen) atoms. The number of nitro groups is 1. The van der Waals surface area contributed by atoms with Crippen LogP contribution in [-0.4, -0.2) is 35.4 Å². The quantitative estimate of drug-likeness (QED) is 0.655. The zero-order valence-corrected chi connectivity index (χ0v) is 11.7. The number of nitrogens with zero attached hydrogens (tertiary/aromatic N) is 2. The first kappa shape index (κ1) is 14.5. The molecule has 1 aliphatic rings. The molecule has 6 heteroatoms. The first-order valence-corrected chi connectivity index (χ1v) is 6.68. The number of carbonyl (C=O) groups excluding carboxylic acids is 1. The predicted octanol–water partition coefficient (Wildman–Crippen LogP) is 1.71. The minimum atomic E-state index is -0.460. The smallest absolute Gasteiger partial charge is 0.269 e. The Balaban J connectivity index is 2.21. The van der Waals surface area contributed by atoms with E-state index in [1.54, 1.807) is 18.9 Å². The molecular formula is C14H19N3O3. The normalized spacial score (nSPS) is 15.8. The number of non-ortho nitro benzene ring substituents is 1. The van der Waals surface area contributed by atoms with Crippen LogP contribution in [0.3, 0.4) is 0 Å². The summed E-state index contributed by atoms with van der Waals surface area (Å²) in [5.74, 6) is 0.368. The third-order valence-electron chi connectivity index (χ3n) is 3.88. The first-order chi connectivity index (χ1) is 9.45. The molecule has 0 saturated heterocycles. The molecular weight excluding hydrogens is 258 g/mol.